The van der Waals surface area contributed by atoms with Crippen LogP contribution in [0.15, 0.2) is 45.3 Å². The fraction of sp³-hybridized carbons (Fsp3) is 0.167. The van der Waals surface area contributed by atoms with Crippen molar-refractivity contribution in [2.24, 2.45) is 4.99 Å². The maximum atomic E-state index is 11.9. The number of carbonyl (C=O) groups excluding carboxylic acids is 1. The van der Waals surface area contributed by atoms with Crippen molar-refractivity contribution >= 4 is 45.4 Å². The van der Waals surface area contributed by atoms with Crippen LogP contribution in [-0.4, -0.2) is 22.7 Å². The normalized spacial score (nSPS) is 15.1. The molecule has 0 atom stereocenters. The van der Waals surface area contributed by atoms with Gasteiger partial charge in [0.25, 0.3) is 0 Å². The minimum atomic E-state index is 0.0440. The van der Waals surface area contributed by atoms with Crippen LogP contribution in [0.4, 0.5) is 0 Å². The maximum Gasteiger partial charge on any atom is 0.245 e. The van der Waals surface area contributed by atoms with Crippen LogP contribution in [0.5, 0.6) is 0 Å². The van der Waals surface area contributed by atoms with Gasteiger partial charge in [0.2, 0.25) is 5.12 Å². The quantitative estimate of drug-likeness (QED) is 0.792. The number of thioether (sulfide) groups is 3. The summed E-state index contributed by atoms with van der Waals surface area (Å²) < 4.78 is 0.980. The molecular formula is C12H11NOS3. The van der Waals surface area contributed by atoms with Crippen molar-refractivity contribution in [3.63, 3.8) is 0 Å². The fourth-order valence-electron chi connectivity index (χ4n) is 1.42. The Morgan fingerprint density at radius 2 is 1.82 bits per heavy atom. The van der Waals surface area contributed by atoms with Gasteiger partial charge in [-0.1, -0.05) is 30.3 Å². The minimum Gasteiger partial charge on any atom is -0.279 e. The number of hydrogen-bond donors (Lipinski definition) is 0. The molecule has 1 heterocycles. The van der Waals surface area contributed by atoms with E-state index in [1.807, 2.05) is 42.8 Å². The summed E-state index contributed by atoms with van der Waals surface area (Å²) in [4.78, 5) is 16.3. The molecule has 0 saturated heterocycles. The van der Waals surface area contributed by atoms with E-state index in [1.54, 1.807) is 23.5 Å². The van der Waals surface area contributed by atoms with Gasteiger partial charge in [-0.3, -0.25) is 4.79 Å². The Labute approximate surface area is 113 Å². The van der Waals surface area contributed by atoms with Crippen molar-refractivity contribution in [1.82, 2.24) is 0 Å². The summed E-state index contributed by atoms with van der Waals surface area (Å²) in [6.07, 6.45) is 3.93. The molecule has 17 heavy (non-hydrogen) atoms. The van der Waals surface area contributed by atoms with Gasteiger partial charge in [0.1, 0.15) is 10.7 Å². The van der Waals surface area contributed by atoms with E-state index in [-0.39, 0.29) is 5.12 Å². The molecule has 0 N–H and O–H groups in total. The van der Waals surface area contributed by atoms with Crippen molar-refractivity contribution in [1.29, 1.82) is 0 Å². The lowest BCUT2D eigenvalue weighted by Crippen LogP contribution is -1.92. The van der Waals surface area contributed by atoms with E-state index >= 15 is 0 Å². The van der Waals surface area contributed by atoms with Crippen molar-refractivity contribution in [2.75, 3.05) is 12.5 Å². The van der Waals surface area contributed by atoms with Crippen molar-refractivity contribution < 1.29 is 4.79 Å². The van der Waals surface area contributed by atoms with Crippen LogP contribution < -0.4 is 0 Å². The SMILES string of the molecule is CSC(SC)=C1N=C(c2ccccc2)SC1=O. The second kappa shape index (κ2) is 5.80. The van der Waals surface area contributed by atoms with Gasteiger partial charge >= 0.3 is 0 Å². The Bertz CT molecular complexity index is 488. The average molecular weight is 281 g/mol. The Morgan fingerprint density at radius 3 is 2.41 bits per heavy atom. The second-order valence-electron chi connectivity index (χ2n) is 3.22. The lowest BCUT2D eigenvalue weighted by atomic mass is 10.2. The van der Waals surface area contributed by atoms with Gasteiger partial charge in [-0.25, -0.2) is 4.99 Å². The summed E-state index contributed by atoms with van der Waals surface area (Å²) in [5, 5.41) is 0.841. The van der Waals surface area contributed by atoms with E-state index in [0.717, 1.165) is 14.8 Å². The molecule has 1 aromatic carbocycles. The van der Waals surface area contributed by atoms with Crippen molar-refractivity contribution in [2.45, 2.75) is 0 Å². The van der Waals surface area contributed by atoms with Crippen LogP contribution in [0.1, 0.15) is 5.56 Å². The van der Waals surface area contributed by atoms with Crippen LogP contribution in [-0.2, 0) is 4.79 Å². The summed E-state index contributed by atoms with van der Waals surface area (Å²) >= 11 is 4.35. The number of nitrogens with zero attached hydrogens (tertiary/aromatic N) is 1. The summed E-state index contributed by atoms with van der Waals surface area (Å²) in [5.74, 6) is 0. The summed E-state index contributed by atoms with van der Waals surface area (Å²) in [7, 11) is 0. The minimum absolute atomic E-state index is 0.0440. The molecule has 0 bridgehead atoms. The van der Waals surface area contributed by atoms with Gasteiger partial charge in [0.05, 0.1) is 4.24 Å². The van der Waals surface area contributed by atoms with Crippen LogP contribution >= 0.6 is 35.3 Å². The molecule has 0 spiro atoms. The Morgan fingerprint density at radius 1 is 1.18 bits per heavy atom. The predicted molar refractivity (Wildman–Crippen MR) is 79.6 cm³/mol. The summed E-state index contributed by atoms with van der Waals surface area (Å²) in [6.45, 7) is 0. The lowest BCUT2D eigenvalue weighted by molar-refractivity contribution is -0.107. The molecule has 0 fully saturated rings. The van der Waals surface area contributed by atoms with Crippen LogP contribution in [0.25, 0.3) is 0 Å². The molecule has 2 rings (SSSR count). The third-order valence-corrected chi connectivity index (χ3v) is 5.21. The third kappa shape index (κ3) is 2.78. The Balaban J connectivity index is 2.39. The van der Waals surface area contributed by atoms with Crippen molar-refractivity contribution in [3.8, 4) is 0 Å². The number of rotatable bonds is 3. The molecule has 1 aromatic rings. The first-order valence-corrected chi connectivity index (χ1v) is 8.21. The topological polar surface area (TPSA) is 29.4 Å². The second-order valence-corrected chi connectivity index (χ2v) is 6.07. The highest BCUT2D eigenvalue weighted by Crippen LogP contribution is 2.36. The van der Waals surface area contributed by atoms with Gasteiger partial charge in [0.15, 0.2) is 0 Å². The first kappa shape index (κ1) is 12.8. The Hall–Kier alpha value is -0.650. The third-order valence-electron chi connectivity index (χ3n) is 2.18. The first-order valence-electron chi connectivity index (χ1n) is 4.95. The highest BCUT2D eigenvalue weighted by molar-refractivity contribution is 8.28. The fourth-order valence-corrected chi connectivity index (χ4v) is 3.69. The van der Waals surface area contributed by atoms with Gasteiger partial charge in [-0.2, -0.15) is 0 Å². The van der Waals surface area contributed by atoms with Crippen LogP contribution in [0.3, 0.4) is 0 Å². The number of hydrogen-bond acceptors (Lipinski definition) is 5. The zero-order valence-corrected chi connectivity index (χ0v) is 11.9. The van der Waals surface area contributed by atoms with E-state index < -0.39 is 0 Å². The van der Waals surface area contributed by atoms with Crippen LogP contribution in [0.2, 0.25) is 0 Å². The number of benzene rings is 1. The molecule has 5 heteroatoms. The van der Waals surface area contributed by atoms with Gasteiger partial charge in [-0.05, 0) is 24.3 Å². The van der Waals surface area contributed by atoms with Gasteiger partial charge in [-0.15, -0.1) is 23.5 Å². The predicted octanol–water partition coefficient (Wildman–Crippen LogP) is 3.60. The highest BCUT2D eigenvalue weighted by Gasteiger charge is 2.25. The highest BCUT2D eigenvalue weighted by atomic mass is 32.2. The molecular weight excluding hydrogens is 270 g/mol. The molecule has 0 amide bonds. The molecule has 1 aliphatic rings. The molecule has 1 aliphatic heterocycles. The van der Waals surface area contributed by atoms with E-state index in [1.165, 1.54) is 11.8 Å². The molecule has 2 nitrogen and oxygen atoms in total. The number of aliphatic imine (C=N–C) groups is 1. The standard InChI is InChI=1S/C12H11NOS3/c1-15-12(16-2)9-11(14)17-10(13-9)8-6-4-3-5-7-8/h3-7H,1-2H3. The lowest BCUT2D eigenvalue weighted by Gasteiger charge is -1.99. The zero-order chi connectivity index (χ0) is 12.3. The summed E-state index contributed by atoms with van der Waals surface area (Å²) in [6, 6.07) is 9.81. The molecule has 0 unspecified atom stereocenters. The zero-order valence-electron chi connectivity index (χ0n) is 9.47. The molecule has 0 radical (unpaired) electrons. The molecule has 88 valence electrons. The van der Waals surface area contributed by atoms with E-state index in [0.29, 0.717) is 5.70 Å². The van der Waals surface area contributed by atoms with Gasteiger partial charge in [0, 0.05) is 5.56 Å². The molecule has 0 saturated carbocycles. The molecule has 0 aromatic heterocycles. The average Bonchev–Trinajstić information content (AvgIpc) is 2.75. The largest absolute Gasteiger partial charge is 0.279 e. The first-order chi connectivity index (χ1) is 8.26. The van der Waals surface area contributed by atoms with E-state index in [4.69, 9.17) is 0 Å². The smallest absolute Gasteiger partial charge is 0.245 e. The number of carbonyl (C=O) groups is 1. The maximum absolute atomic E-state index is 11.9. The monoisotopic (exact) mass is 281 g/mol. The van der Waals surface area contributed by atoms with Crippen molar-refractivity contribution in [3.05, 3.63) is 45.8 Å². The summed E-state index contributed by atoms with van der Waals surface area (Å²) in [5.41, 5.74) is 1.59. The van der Waals surface area contributed by atoms with E-state index in [2.05, 4.69) is 4.99 Å². The van der Waals surface area contributed by atoms with Gasteiger partial charge < -0.3 is 0 Å². The van der Waals surface area contributed by atoms with E-state index in [9.17, 15) is 4.79 Å². The molecule has 0 aliphatic carbocycles. The Kier molecular flexibility index (Phi) is 4.36. The van der Waals surface area contributed by atoms with Crippen LogP contribution in [0, 0.1) is 0 Å².